The fourth-order valence-electron chi connectivity index (χ4n) is 2.33. The minimum atomic E-state index is -0.731. The van der Waals surface area contributed by atoms with Gasteiger partial charge in [0.25, 0.3) is 11.6 Å². The van der Waals surface area contributed by atoms with Gasteiger partial charge >= 0.3 is 0 Å². The summed E-state index contributed by atoms with van der Waals surface area (Å²) < 4.78 is 10.9. The maximum absolute atomic E-state index is 12.5. The zero-order valence-corrected chi connectivity index (χ0v) is 14.3. The summed E-state index contributed by atoms with van der Waals surface area (Å²) >= 11 is 0. The number of hydrogen-bond donors (Lipinski definition) is 1. The molecule has 0 saturated carbocycles. The van der Waals surface area contributed by atoms with Gasteiger partial charge in [0, 0.05) is 12.1 Å². The van der Waals surface area contributed by atoms with Crippen LogP contribution >= 0.6 is 0 Å². The molecule has 7 nitrogen and oxygen atoms in total. The van der Waals surface area contributed by atoms with E-state index in [0.717, 1.165) is 0 Å². The van der Waals surface area contributed by atoms with Gasteiger partial charge in [0.2, 0.25) is 0 Å². The Morgan fingerprint density at radius 1 is 1.24 bits per heavy atom. The van der Waals surface area contributed by atoms with E-state index in [1.807, 2.05) is 6.92 Å². The molecule has 0 aliphatic carbocycles. The van der Waals surface area contributed by atoms with E-state index in [1.165, 1.54) is 12.1 Å². The molecule has 0 heterocycles. The molecule has 0 unspecified atom stereocenters. The average molecular weight is 344 g/mol. The number of rotatable bonds is 7. The van der Waals surface area contributed by atoms with Crippen LogP contribution in [-0.2, 0) is 4.79 Å². The summed E-state index contributed by atoms with van der Waals surface area (Å²) in [4.78, 5) is 23.0. The lowest BCUT2D eigenvalue weighted by atomic mass is 10.1. The van der Waals surface area contributed by atoms with Crippen molar-refractivity contribution in [3.05, 3.63) is 58.1 Å². The number of anilines is 1. The van der Waals surface area contributed by atoms with E-state index in [0.29, 0.717) is 29.2 Å². The van der Waals surface area contributed by atoms with Crippen molar-refractivity contribution >= 4 is 17.3 Å². The van der Waals surface area contributed by atoms with Gasteiger partial charge in [0.1, 0.15) is 11.5 Å². The monoisotopic (exact) mass is 344 g/mol. The van der Waals surface area contributed by atoms with Crippen LogP contribution in [0.15, 0.2) is 42.5 Å². The van der Waals surface area contributed by atoms with E-state index in [2.05, 4.69) is 5.32 Å². The summed E-state index contributed by atoms with van der Waals surface area (Å²) in [6.07, 6.45) is -0.289. The quantitative estimate of drug-likeness (QED) is 0.611. The highest BCUT2D eigenvalue weighted by Crippen LogP contribution is 2.26. The highest BCUT2D eigenvalue weighted by atomic mass is 16.6. The summed E-state index contributed by atoms with van der Waals surface area (Å²) in [6, 6.07) is 11.5. The number of carbonyl (C=O) groups is 1. The maximum Gasteiger partial charge on any atom is 0.274 e. The second kappa shape index (κ2) is 8.14. The van der Waals surface area contributed by atoms with Crippen molar-refractivity contribution in [2.75, 3.05) is 12.4 Å². The molecule has 1 atom stereocenters. The molecule has 2 aromatic rings. The molecule has 0 radical (unpaired) electrons. The van der Waals surface area contributed by atoms with E-state index < -0.39 is 11.0 Å². The molecular weight excluding hydrogens is 324 g/mol. The number of nitrogens with zero attached hydrogens (tertiary/aromatic N) is 1. The van der Waals surface area contributed by atoms with E-state index in [1.54, 1.807) is 44.4 Å². The highest BCUT2D eigenvalue weighted by Gasteiger charge is 2.21. The molecule has 0 aliphatic heterocycles. The molecule has 25 heavy (non-hydrogen) atoms. The molecule has 7 heteroatoms. The van der Waals surface area contributed by atoms with Crippen LogP contribution in [0.4, 0.5) is 11.4 Å². The Morgan fingerprint density at radius 3 is 2.56 bits per heavy atom. The largest absolute Gasteiger partial charge is 0.497 e. The first kappa shape index (κ1) is 18.3. The summed E-state index contributed by atoms with van der Waals surface area (Å²) in [7, 11) is 1.55. The highest BCUT2D eigenvalue weighted by molar-refractivity contribution is 5.95. The van der Waals surface area contributed by atoms with Crippen molar-refractivity contribution in [2.24, 2.45) is 0 Å². The lowest BCUT2D eigenvalue weighted by Gasteiger charge is -2.18. The van der Waals surface area contributed by atoms with E-state index >= 15 is 0 Å². The predicted molar refractivity (Wildman–Crippen MR) is 94.2 cm³/mol. The Hall–Kier alpha value is -3.09. The Kier molecular flexibility index (Phi) is 5.94. The SMILES string of the molecule is CC[C@@H](Oc1cccc(OC)c1)C(=O)Nc1cccc([N+](=O)[O-])c1C. The molecule has 2 aromatic carbocycles. The Labute approximate surface area is 145 Å². The molecule has 0 aliphatic rings. The van der Waals surface area contributed by atoms with Crippen LogP contribution < -0.4 is 14.8 Å². The number of amides is 1. The minimum Gasteiger partial charge on any atom is -0.497 e. The number of carbonyl (C=O) groups excluding carboxylic acids is 1. The van der Waals surface area contributed by atoms with Gasteiger partial charge in [-0.1, -0.05) is 19.1 Å². The maximum atomic E-state index is 12.5. The number of ether oxygens (including phenoxy) is 2. The van der Waals surface area contributed by atoms with Gasteiger partial charge in [0.15, 0.2) is 6.10 Å². The molecule has 0 saturated heterocycles. The third kappa shape index (κ3) is 4.47. The first-order chi connectivity index (χ1) is 12.0. The van der Waals surface area contributed by atoms with Gasteiger partial charge < -0.3 is 14.8 Å². The lowest BCUT2D eigenvalue weighted by Crippen LogP contribution is -2.32. The molecule has 132 valence electrons. The van der Waals surface area contributed by atoms with E-state index in [9.17, 15) is 14.9 Å². The molecule has 0 spiro atoms. The molecule has 2 rings (SSSR count). The van der Waals surface area contributed by atoms with Crippen molar-refractivity contribution in [3.8, 4) is 11.5 Å². The lowest BCUT2D eigenvalue weighted by molar-refractivity contribution is -0.385. The topological polar surface area (TPSA) is 90.7 Å². The van der Waals surface area contributed by atoms with Gasteiger partial charge in [-0.3, -0.25) is 14.9 Å². The molecule has 0 aromatic heterocycles. The van der Waals surface area contributed by atoms with Crippen LogP contribution in [0.2, 0.25) is 0 Å². The molecule has 1 amide bonds. The Morgan fingerprint density at radius 2 is 1.92 bits per heavy atom. The van der Waals surface area contributed by atoms with Gasteiger partial charge in [-0.15, -0.1) is 0 Å². The van der Waals surface area contributed by atoms with Crippen molar-refractivity contribution in [1.29, 1.82) is 0 Å². The summed E-state index contributed by atoms with van der Waals surface area (Å²) in [5.74, 6) is 0.772. The number of nitro benzene ring substituents is 1. The summed E-state index contributed by atoms with van der Waals surface area (Å²) in [6.45, 7) is 3.42. The Bertz CT molecular complexity index is 776. The first-order valence-electron chi connectivity index (χ1n) is 7.81. The molecule has 1 N–H and O–H groups in total. The predicted octanol–water partition coefficient (Wildman–Crippen LogP) is 3.71. The fourth-order valence-corrected chi connectivity index (χ4v) is 2.33. The summed E-state index contributed by atoms with van der Waals surface area (Å²) in [5, 5.41) is 13.7. The molecule has 0 fully saturated rings. The van der Waals surface area contributed by atoms with Gasteiger partial charge in [0.05, 0.1) is 23.3 Å². The van der Waals surface area contributed by atoms with Crippen molar-refractivity contribution < 1.29 is 19.2 Å². The van der Waals surface area contributed by atoms with Crippen molar-refractivity contribution in [1.82, 2.24) is 0 Å². The van der Waals surface area contributed by atoms with Crippen LogP contribution in [0, 0.1) is 17.0 Å². The molecular formula is C18H20N2O5. The van der Waals surface area contributed by atoms with Gasteiger partial charge in [-0.25, -0.2) is 0 Å². The fraction of sp³-hybridized carbons (Fsp3) is 0.278. The summed E-state index contributed by atoms with van der Waals surface area (Å²) in [5.41, 5.74) is 0.753. The zero-order chi connectivity index (χ0) is 18.4. The standard InChI is InChI=1S/C18H20N2O5/c1-4-17(25-14-8-5-7-13(11-14)24-3)18(21)19-15-9-6-10-16(12(15)2)20(22)23/h5-11,17H,4H2,1-3H3,(H,19,21)/t17-/m1/s1. The Balaban J connectivity index is 2.15. The minimum absolute atomic E-state index is 0.0421. The van der Waals surface area contributed by atoms with Crippen molar-refractivity contribution in [3.63, 3.8) is 0 Å². The van der Waals surface area contributed by atoms with Crippen molar-refractivity contribution in [2.45, 2.75) is 26.4 Å². The second-order valence-electron chi connectivity index (χ2n) is 5.39. The first-order valence-corrected chi connectivity index (χ1v) is 7.81. The van der Waals surface area contributed by atoms with Crippen LogP contribution in [-0.4, -0.2) is 24.0 Å². The second-order valence-corrected chi connectivity index (χ2v) is 5.39. The van der Waals surface area contributed by atoms with E-state index in [-0.39, 0.29) is 11.6 Å². The number of hydrogen-bond acceptors (Lipinski definition) is 5. The number of nitro groups is 1. The normalized spacial score (nSPS) is 11.5. The molecule has 0 bridgehead atoms. The van der Waals surface area contributed by atoms with Crippen LogP contribution in [0.1, 0.15) is 18.9 Å². The average Bonchev–Trinajstić information content (AvgIpc) is 2.61. The van der Waals surface area contributed by atoms with Crippen LogP contribution in [0.3, 0.4) is 0 Å². The van der Waals surface area contributed by atoms with Gasteiger partial charge in [-0.05, 0) is 31.5 Å². The third-order valence-corrected chi connectivity index (χ3v) is 3.74. The van der Waals surface area contributed by atoms with E-state index in [4.69, 9.17) is 9.47 Å². The number of methoxy groups -OCH3 is 1. The smallest absolute Gasteiger partial charge is 0.274 e. The number of benzene rings is 2. The third-order valence-electron chi connectivity index (χ3n) is 3.74. The zero-order valence-electron chi connectivity index (χ0n) is 14.3. The van der Waals surface area contributed by atoms with Gasteiger partial charge in [-0.2, -0.15) is 0 Å². The van der Waals surface area contributed by atoms with Crippen LogP contribution in [0.25, 0.3) is 0 Å². The van der Waals surface area contributed by atoms with Crippen LogP contribution in [0.5, 0.6) is 11.5 Å². The number of nitrogens with one attached hydrogen (secondary N) is 1.